The van der Waals surface area contributed by atoms with Crippen molar-refractivity contribution in [1.82, 2.24) is 5.32 Å². The van der Waals surface area contributed by atoms with Crippen molar-refractivity contribution in [3.05, 3.63) is 30.3 Å². The molecule has 0 saturated heterocycles. The predicted octanol–water partition coefficient (Wildman–Crippen LogP) is 3.12. The topological polar surface area (TPSA) is 50.4 Å². The number of nitrogens with one attached hydrogen (secondary N) is 1. The van der Waals surface area contributed by atoms with E-state index in [9.17, 15) is 0 Å². The maximum atomic E-state index is 5.83. The van der Waals surface area contributed by atoms with Crippen LogP contribution in [0.3, 0.4) is 0 Å². The second-order valence-corrected chi connectivity index (χ2v) is 6.59. The largest absolute Gasteiger partial charge is 0.370 e. The van der Waals surface area contributed by atoms with Crippen LogP contribution in [0.15, 0.2) is 40.2 Å². The van der Waals surface area contributed by atoms with Crippen LogP contribution in [0.25, 0.3) is 0 Å². The third kappa shape index (κ3) is 7.78. The lowest BCUT2D eigenvalue weighted by Gasteiger charge is -2.10. The second-order valence-electron chi connectivity index (χ2n) is 5.08. The molecule has 0 aliphatic rings. The van der Waals surface area contributed by atoms with Gasteiger partial charge in [0.25, 0.3) is 0 Å². The van der Waals surface area contributed by atoms with Crippen molar-refractivity contribution in [3.63, 3.8) is 0 Å². The molecule has 0 spiro atoms. The van der Waals surface area contributed by atoms with Crippen LogP contribution in [0.5, 0.6) is 0 Å². The van der Waals surface area contributed by atoms with Gasteiger partial charge < -0.3 is 11.1 Å². The standard InChI is InChI=1S/C15H25N3S/c1-12(2)9-10-17-15(16)18-11-13(3)19-14-7-5-4-6-8-14/h4-8,12-13H,9-11H2,1-3H3,(H3,16,17,18). The number of benzene rings is 1. The molecule has 0 fully saturated rings. The van der Waals surface area contributed by atoms with E-state index in [0.29, 0.717) is 17.1 Å². The fourth-order valence-electron chi connectivity index (χ4n) is 1.54. The monoisotopic (exact) mass is 279 g/mol. The van der Waals surface area contributed by atoms with Crippen LogP contribution < -0.4 is 11.1 Å². The lowest BCUT2D eigenvalue weighted by atomic mass is 10.1. The molecule has 0 aromatic heterocycles. The molecule has 0 amide bonds. The number of nitrogens with two attached hydrogens (primary N) is 1. The Morgan fingerprint density at radius 2 is 1.95 bits per heavy atom. The summed E-state index contributed by atoms with van der Waals surface area (Å²) in [5.41, 5.74) is 5.83. The third-order valence-electron chi connectivity index (χ3n) is 2.63. The van der Waals surface area contributed by atoms with Crippen LogP contribution in [0.4, 0.5) is 0 Å². The molecule has 0 saturated carbocycles. The van der Waals surface area contributed by atoms with Gasteiger partial charge in [0.05, 0.1) is 6.54 Å². The number of aliphatic imine (C=N–C) groups is 1. The van der Waals surface area contributed by atoms with Crippen LogP contribution in [-0.4, -0.2) is 24.3 Å². The number of hydrogen-bond acceptors (Lipinski definition) is 2. The molecular formula is C15H25N3S. The Kier molecular flexibility index (Phi) is 7.41. The van der Waals surface area contributed by atoms with Gasteiger partial charge in [-0.25, -0.2) is 0 Å². The van der Waals surface area contributed by atoms with Gasteiger partial charge in [-0.05, 0) is 24.5 Å². The highest BCUT2D eigenvalue weighted by Gasteiger charge is 2.03. The summed E-state index contributed by atoms with van der Waals surface area (Å²) in [7, 11) is 0. The van der Waals surface area contributed by atoms with E-state index in [1.54, 1.807) is 0 Å². The summed E-state index contributed by atoms with van der Waals surface area (Å²) in [5, 5.41) is 3.58. The van der Waals surface area contributed by atoms with Gasteiger partial charge in [-0.1, -0.05) is 39.0 Å². The maximum Gasteiger partial charge on any atom is 0.188 e. The lowest BCUT2D eigenvalue weighted by molar-refractivity contribution is 0.576. The molecule has 1 rings (SSSR count). The molecule has 1 aromatic rings. The van der Waals surface area contributed by atoms with Crippen LogP contribution in [0.1, 0.15) is 27.2 Å². The van der Waals surface area contributed by atoms with E-state index in [4.69, 9.17) is 5.73 Å². The lowest BCUT2D eigenvalue weighted by Crippen LogP contribution is -2.33. The van der Waals surface area contributed by atoms with Gasteiger partial charge in [-0.3, -0.25) is 4.99 Å². The Hall–Kier alpha value is -1.16. The van der Waals surface area contributed by atoms with Gasteiger partial charge in [-0.2, -0.15) is 0 Å². The van der Waals surface area contributed by atoms with Crippen molar-refractivity contribution in [2.45, 2.75) is 37.3 Å². The smallest absolute Gasteiger partial charge is 0.188 e. The Balaban J connectivity index is 2.26. The van der Waals surface area contributed by atoms with Gasteiger partial charge in [0.15, 0.2) is 5.96 Å². The molecule has 1 atom stereocenters. The number of rotatable bonds is 7. The van der Waals surface area contributed by atoms with Gasteiger partial charge >= 0.3 is 0 Å². The summed E-state index contributed by atoms with van der Waals surface area (Å²) in [6.45, 7) is 8.21. The zero-order valence-corrected chi connectivity index (χ0v) is 12.9. The van der Waals surface area contributed by atoms with E-state index >= 15 is 0 Å². The molecule has 1 unspecified atom stereocenters. The second kappa shape index (κ2) is 8.86. The van der Waals surface area contributed by atoms with Gasteiger partial charge in [-0.15, -0.1) is 11.8 Å². The van der Waals surface area contributed by atoms with Crippen LogP contribution >= 0.6 is 11.8 Å². The van der Waals surface area contributed by atoms with Gasteiger partial charge in [0, 0.05) is 16.7 Å². The first-order valence-corrected chi connectivity index (χ1v) is 7.71. The molecular weight excluding hydrogens is 254 g/mol. The minimum Gasteiger partial charge on any atom is -0.370 e. The van der Waals surface area contributed by atoms with Gasteiger partial charge in [0.1, 0.15) is 0 Å². The molecule has 0 aliphatic carbocycles. The first-order chi connectivity index (χ1) is 9.08. The fraction of sp³-hybridized carbons (Fsp3) is 0.533. The Bertz CT molecular complexity index is 376. The first kappa shape index (κ1) is 15.9. The van der Waals surface area contributed by atoms with E-state index in [2.05, 4.69) is 55.3 Å². The molecule has 19 heavy (non-hydrogen) atoms. The summed E-state index contributed by atoms with van der Waals surface area (Å²) >= 11 is 1.82. The zero-order valence-electron chi connectivity index (χ0n) is 12.1. The highest BCUT2D eigenvalue weighted by molar-refractivity contribution is 8.00. The van der Waals surface area contributed by atoms with E-state index in [1.165, 1.54) is 4.90 Å². The Labute approximate surface area is 121 Å². The van der Waals surface area contributed by atoms with Crippen LogP contribution in [0, 0.1) is 5.92 Å². The third-order valence-corrected chi connectivity index (χ3v) is 3.72. The van der Waals surface area contributed by atoms with E-state index in [0.717, 1.165) is 19.5 Å². The zero-order chi connectivity index (χ0) is 14.1. The van der Waals surface area contributed by atoms with Crippen molar-refractivity contribution in [2.24, 2.45) is 16.6 Å². The fourth-order valence-corrected chi connectivity index (χ4v) is 2.47. The van der Waals surface area contributed by atoms with Crippen molar-refractivity contribution in [3.8, 4) is 0 Å². The predicted molar refractivity (Wildman–Crippen MR) is 85.7 cm³/mol. The molecule has 106 valence electrons. The molecule has 4 heteroatoms. The molecule has 3 nitrogen and oxygen atoms in total. The van der Waals surface area contributed by atoms with Crippen molar-refractivity contribution in [1.29, 1.82) is 0 Å². The normalized spacial score (nSPS) is 13.6. The number of guanidine groups is 1. The number of nitrogens with zero attached hydrogens (tertiary/aromatic N) is 1. The average molecular weight is 279 g/mol. The molecule has 0 radical (unpaired) electrons. The SMILES string of the molecule is CC(C)CCNC(N)=NCC(C)Sc1ccccc1. The van der Waals surface area contributed by atoms with Gasteiger partial charge in [0.2, 0.25) is 0 Å². The highest BCUT2D eigenvalue weighted by Crippen LogP contribution is 2.22. The molecule has 0 aliphatic heterocycles. The summed E-state index contributed by atoms with van der Waals surface area (Å²) in [6, 6.07) is 10.4. The minimum absolute atomic E-state index is 0.424. The maximum absolute atomic E-state index is 5.83. The minimum atomic E-state index is 0.424. The highest BCUT2D eigenvalue weighted by atomic mass is 32.2. The summed E-state index contributed by atoms with van der Waals surface area (Å²) < 4.78 is 0. The summed E-state index contributed by atoms with van der Waals surface area (Å²) in [6.07, 6.45) is 1.12. The van der Waals surface area contributed by atoms with E-state index in [-0.39, 0.29) is 0 Å². The van der Waals surface area contributed by atoms with Crippen molar-refractivity contribution >= 4 is 17.7 Å². The van der Waals surface area contributed by atoms with Crippen molar-refractivity contribution < 1.29 is 0 Å². The Morgan fingerprint density at radius 1 is 1.26 bits per heavy atom. The molecule has 1 aromatic carbocycles. The van der Waals surface area contributed by atoms with Crippen molar-refractivity contribution in [2.75, 3.05) is 13.1 Å². The quantitative estimate of drug-likeness (QED) is 0.458. The molecule has 0 heterocycles. The number of thioether (sulfide) groups is 1. The molecule has 0 bridgehead atoms. The Morgan fingerprint density at radius 3 is 2.58 bits per heavy atom. The van der Waals surface area contributed by atoms with Crippen LogP contribution in [0.2, 0.25) is 0 Å². The summed E-state index contributed by atoms with van der Waals surface area (Å²) in [5.74, 6) is 1.24. The van der Waals surface area contributed by atoms with E-state index < -0.39 is 0 Å². The molecule has 3 N–H and O–H groups in total. The summed E-state index contributed by atoms with van der Waals surface area (Å²) in [4.78, 5) is 5.65. The first-order valence-electron chi connectivity index (χ1n) is 6.83. The van der Waals surface area contributed by atoms with E-state index in [1.807, 2.05) is 17.8 Å². The van der Waals surface area contributed by atoms with Crippen LogP contribution in [-0.2, 0) is 0 Å². The number of hydrogen-bond donors (Lipinski definition) is 2. The average Bonchev–Trinajstić information content (AvgIpc) is 2.37.